The number of carboxylic acids is 1. The smallest absolute Gasteiger partial charge is 0.339 e. The second kappa shape index (κ2) is 7.54. The van der Waals surface area contributed by atoms with Crippen molar-refractivity contribution in [2.45, 2.75) is 52.0 Å². The first-order valence-corrected chi connectivity index (χ1v) is 9.29. The molecule has 0 atom stereocenters. The molecular formula is C20H23ClN2O3. The Morgan fingerprint density at radius 3 is 2.31 bits per heavy atom. The van der Waals surface area contributed by atoms with Gasteiger partial charge in [0.05, 0.1) is 0 Å². The van der Waals surface area contributed by atoms with Crippen LogP contribution in [-0.2, 0) is 0 Å². The fraction of sp³-hybridized carbons (Fsp3) is 0.400. The summed E-state index contributed by atoms with van der Waals surface area (Å²) in [6.45, 7) is 3.73. The third-order valence-electron chi connectivity index (χ3n) is 5.25. The average Bonchev–Trinajstić information content (AvgIpc) is 2.86. The van der Waals surface area contributed by atoms with E-state index in [1.54, 1.807) is 31.2 Å². The van der Waals surface area contributed by atoms with E-state index in [-0.39, 0.29) is 17.5 Å². The van der Waals surface area contributed by atoms with Gasteiger partial charge in [-0.3, -0.25) is 4.79 Å². The molecule has 1 aromatic carbocycles. The fourth-order valence-electron chi connectivity index (χ4n) is 3.79. The lowest BCUT2D eigenvalue weighted by Crippen LogP contribution is -2.21. The second-order valence-electron chi connectivity index (χ2n) is 6.86. The van der Waals surface area contributed by atoms with E-state index in [9.17, 15) is 14.7 Å². The highest BCUT2D eigenvalue weighted by molar-refractivity contribution is 6.30. The van der Waals surface area contributed by atoms with Crippen molar-refractivity contribution in [2.75, 3.05) is 5.32 Å². The number of aromatic nitrogens is 1. The van der Waals surface area contributed by atoms with E-state index in [2.05, 4.69) is 5.32 Å². The number of amides is 1. The van der Waals surface area contributed by atoms with E-state index >= 15 is 0 Å². The number of hydrogen-bond donors (Lipinski definition) is 2. The SMILES string of the molecule is Cc1c(C(=O)O)c(NC(=O)c2ccc(Cl)cc2)n(C2CCCCC2)c1C. The maximum atomic E-state index is 12.7. The quantitative estimate of drug-likeness (QED) is 0.771. The van der Waals surface area contributed by atoms with Crippen molar-refractivity contribution < 1.29 is 14.7 Å². The van der Waals surface area contributed by atoms with Gasteiger partial charge in [-0.25, -0.2) is 4.79 Å². The Hall–Kier alpha value is -2.27. The highest BCUT2D eigenvalue weighted by atomic mass is 35.5. The van der Waals surface area contributed by atoms with Crippen LogP contribution in [0.15, 0.2) is 24.3 Å². The maximum absolute atomic E-state index is 12.7. The summed E-state index contributed by atoms with van der Waals surface area (Å²) >= 11 is 5.88. The van der Waals surface area contributed by atoms with Gasteiger partial charge in [0.25, 0.3) is 5.91 Å². The number of carbonyl (C=O) groups excluding carboxylic acids is 1. The summed E-state index contributed by atoms with van der Waals surface area (Å²) in [5, 5.41) is 13.1. The second-order valence-corrected chi connectivity index (χ2v) is 7.30. The van der Waals surface area contributed by atoms with Crippen LogP contribution >= 0.6 is 11.6 Å². The van der Waals surface area contributed by atoms with E-state index in [4.69, 9.17) is 11.6 Å². The van der Waals surface area contributed by atoms with Crippen LogP contribution in [0.3, 0.4) is 0 Å². The minimum Gasteiger partial charge on any atom is -0.478 e. The average molecular weight is 375 g/mol. The van der Waals surface area contributed by atoms with Crippen molar-refractivity contribution in [2.24, 2.45) is 0 Å². The topological polar surface area (TPSA) is 71.3 Å². The molecule has 1 fully saturated rings. The number of hydrogen-bond acceptors (Lipinski definition) is 2. The molecule has 1 saturated carbocycles. The van der Waals surface area contributed by atoms with Gasteiger partial charge in [-0.1, -0.05) is 30.9 Å². The van der Waals surface area contributed by atoms with Crippen molar-refractivity contribution in [3.05, 3.63) is 51.7 Å². The Labute approximate surface area is 158 Å². The molecule has 138 valence electrons. The summed E-state index contributed by atoms with van der Waals surface area (Å²) < 4.78 is 2.02. The normalized spacial score (nSPS) is 15.0. The van der Waals surface area contributed by atoms with Crippen LogP contribution in [0.25, 0.3) is 0 Å². The van der Waals surface area contributed by atoms with Gasteiger partial charge in [0, 0.05) is 22.3 Å². The zero-order chi connectivity index (χ0) is 18.8. The minimum absolute atomic E-state index is 0.176. The summed E-state index contributed by atoms with van der Waals surface area (Å²) in [6.07, 6.45) is 5.44. The summed E-state index contributed by atoms with van der Waals surface area (Å²) in [7, 11) is 0. The van der Waals surface area contributed by atoms with Crippen molar-refractivity contribution >= 4 is 29.3 Å². The van der Waals surface area contributed by atoms with Crippen LogP contribution in [0.1, 0.15) is 70.1 Å². The predicted octanol–water partition coefficient (Wildman–Crippen LogP) is 5.21. The van der Waals surface area contributed by atoms with E-state index in [1.165, 1.54) is 6.42 Å². The molecule has 26 heavy (non-hydrogen) atoms. The number of anilines is 1. The fourth-order valence-corrected chi connectivity index (χ4v) is 3.91. The molecule has 5 nitrogen and oxygen atoms in total. The van der Waals surface area contributed by atoms with Gasteiger partial charge < -0.3 is 15.0 Å². The monoisotopic (exact) mass is 374 g/mol. The highest BCUT2D eigenvalue weighted by Crippen LogP contribution is 2.37. The van der Waals surface area contributed by atoms with Crippen LogP contribution in [-0.4, -0.2) is 21.6 Å². The number of halogens is 1. The third-order valence-corrected chi connectivity index (χ3v) is 5.50. The maximum Gasteiger partial charge on any atom is 0.339 e. The van der Waals surface area contributed by atoms with Gasteiger partial charge in [0.1, 0.15) is 11.4 Å². The summed E-state index contributed by atoms with van der Waals surface area (Å²) in [6, 6.07) is 6.77. The van der Waals surface area contributed by atoms with E-state index in [0.717, 1.165) is 31.4 Å². The molecule has 0 aliphatic heterocycles. The molecule has 1 aliphatic rings. The Balaban J connectivity index is 2.03. The lowest BCUT2D eigenvalue weighted by Gasteiger charge is -2.27. The Morgan fingerprint density at radius 1 is 1.12 bits per heavy atom. The molecule has 1 aliphatic carbocycles. The molecule has 2 N–H and O–H groups in total. The molecule has 0 spiro atoms. The zero-order valence-corrected chi connectivity index (χ0v) is 15.8. The molecule has 1 aromatic heterocycles. The van der Waals surface area contributed by atoms with Gasteiger partial charge in [0.2, 0.25) is 0 Å². The van der Waals surface area contributed by atoms with Gasteiger partial charge in [-0.15, -0.1) is 0 Å². The molecular weight excluding hydrogens is 352 g/mol. The standard InChI is InChI=1S/C20H23ClN2O3/c1-12-13(2)23(16-6-4-3-5-7-16)18(17(12)20(25)26)22-19(24)14-8-10-15(21)11-9-14/h8-11,16H,3-7H2,1-2H3,(H,22,24)(H,25,26). The van der Waals surface area contributed by atoms with Gasteiger partial charge in [0.15, 0.2) is 0 Å². The Morgan fingerprint density at radius 2 is 1.73 bits per heavy atom. The van der Waals surface area contributed by atoms with Crippen molar-refractivity contribution in [1.82, 2.24) is 4.57 Å². The third kappa shape index (κ3) is 3.49. The Bertz CT molecular complexity index is 834. The molecule has 6 heteroatoms. The number of aromatic carboxylic acids is 1. The number of carboxylic acid groups (broad SMARTS) is 1. The largest absolute Gasteiger partial charge is 0.478 e. The van der Waals surface area contributed by atoms with Gasteiger partial charge in [-0.05, 0) is 56.5 Å². The molecule has 0 saturated heterocycles. The number of nitrogens with zero attached hydrogens (tertiary/aromatic N) is 1. The van der Waals surface area contributed by atoms with Crippen LogP contribution in [0.5, 0.6) is 0 Å². The van der Waals surface area contributed by atoms with Crippen molar-refractivity contribution in [3.63, 3.8) is 0 Å². The molecule has 0 bridgehead atoms. The van der Waals surface area contributed by atoms with E-state index in [1.807, 2.05) is 11.5 Å². The first-order chi connectivity index (χ1) is 12.4. The molecule has 2 aromatic rings. The first kappa shape index (κ1) is 18.5. The predicted molar refractivity (Wildman–Crippen MR) is 102 cm³/mol. The minimum atomic E-state index is -1.02. The van der Waals surface area contributed by atoms with Gasteiger partial charge in [-0.2, -0.15) is 0 Å². The lowest BCUT2D eigenvalue weighted by atomic mass is 9.95. The van der Waals surface area contributed by atoms with E-state index < -0.39 is 5.97 Å². The highest BCUT2D eigenvalue weighted by Gasteiger charge is 2.28. The zero-order valence-electron chi connectivity index (χ0n) is 15.0. The molecule has 1 heterocycles. The summed E-state index contributed by atoms with van der Waals surface area (Å²) in [4.78, 5) is 24.6. The van der Waals surface area contributed by atoms with E-state index in [0.29, 0.717) is 22.0 Å². The summed E-state index contributed by atoms with van der Waals surface area (Å²) in [5.74, 6) is -0.968. The van der Waals surface area contributed by atoms with Gasteiger partial charge >= 0.3 is 5.97 Å². The van der Waals surface area contributed by atoms with Crippen molar-refractivity contribution in [1.29, 1.82) is 0 Å². The number of carbonyl (C=O) groups is 2. The lowest BCUT2D eigenvalue weighted by molar-refractivity contribution is 0.0697. The van der Waals surface area contributed by atoms with Crippen LogP contribution < -0.4 is 5.32 Å². The van der Waals surface area contributed by atoms with Crippen LogP contribution in [0.4, 0.5) is 5.82 Å². The molecule has 0 radical (unpaired) electrons. The molecule has 3 rings (SSSR count). The van der Waals surface area contributed by atoms with Crippen LogP contribution in [0.2, 0.25) is 5.02 Å². The first-order valence-electron chi connectivity index (χ1n) is 8.91. The van der Waals surface area contributed by atoms with Crippen LogP contribution in [0, 0.1) is 13.8 Å². The summed E-state index contributed by atoms with van der Waals surface area (Å²) in [5.41, 5.74) is 2.23. The number of nitrogens with one attached hydrogen (secondary N) is 1. The number of benzene rings is 1. The number of rotatable bonds is 4. The molecule has 1 amide bonds. The molecule has 0 unspecified atom stereocenters. The van der Waals surface area contributed by atoms with Crippen molar-refractivity contribution in [3.8, 4) is 0 Å². The Kier molecular flexibility index (Phi) is 5.37.